The number of rotatable bonds is 3. The fourth-order valence-electron chi connectivity index (χ4n) is 1.14. The van der Waals surface area contributed by atoms with Crippen LogP contribution < -0.4 is 0 Å². The van der Waals surface area contributed by atoms with E-state index in [1.807, 2.05) is 0 Å². The first-order valence-electron chi connectivity index (χ1n) is 4.37. The van der Waals surface area contributed by atoms with Crippen LogP contribution in [0.2, 0.25) is 0 Å². The highest BCUT2D eigenvalue weighted by Crippen LogP contribution is 2.12. The van der Waals surface area contributed by atoms with Crippen LogP contribution >= 0.6 is 0 Å². The third-order valence-corrected chi connectivity index (χ3v) is 1.65. The number of carbonyl (C=O) groups is 1. The first kappa shape index (κ1) is 10.6. The van der Waals surface area contributed by atoms with Crippen molar-refractivity contribution in [3.8, 4) is 0 Å². The lowest BCUT2D eigenvalue weighted by Gasteiger charge is -1.97. The fraction of sp³-hybridized carbons (Fsp3) is 0.273. The minimum atomic E-state index is -0.284. The van der Waals surface area contributed by atoms with Gasteiger partial charge in [-0.15, -0.1) is 0 Å². The molecule has 0 aliphatic heterocycles. The molecule has 1 rings (SSSR count). The van der Waals surface area contributed by atoms with E-state index in [4.69, 9.17) is 0 Å². The number of ketones is 1. The maximum absolute atomic E-state index is 12.5. The van der Waals surface area contributed by atoms with Crippen molar-refractivity contribution in [2.45, 2.75) is 20.3 Å². The number of aliphatic imine (C=N–C) groups is 1. The van der Waals surface area contributed by atoms with Crippen LogP contribution in [-0.2, 0) is 4.79 Å². The molecule has 2 nitrogen and oxygen atoms in total. The zero-order chi connectivity index (χ0) is 10.6. The van der Waals surface area contributed by atoms with E-state index in [2.05, 4.69) is 4.99 Å². The van der Waals surface area contributed by atoms with Crippen LogP contribution in [0.3, 0.4) is 0 Å². The number of Topliss-reactive ketones (excluding diaryl/α,β-unsaturated/α-hetero) is 1. The summed E-state index contributed by atoms with van der Waals surface area (Å²) in [5.74, 6) is -0.207. The number of hydrogen-bond acceptors (Lipinski definition) is 2. The molecule has 1 aromatic carbocycles. The number of halogens is 1. The Morgan fingerprint density at radius 2 is 1.86 bits per heavy atom. The first-order chi connectivity index (χ1) is 6.58. The summed E-state index contributed by atoms with van der Waals surface area (Å²) in [6.45, 7) is 3.30. The highest BCUT2D eigenvalue weighted by Gasteiger charge is 1.97. The van der Waals surface area contributed by atoms with Gasteiger partial charge >= 0.3 is 0 Å². The number of nitrogens with zero attached hydrogens (tertiary/aromatic N) is 1. The quantitative estimate of drug-likeness (QED) is 0.678. The Morgan fingerprint density at radius 3 is 2.36 bits per heavy atom. The van der Waals surface area contributed by atoms with Crippen molar-refractivity contribution in [2.24, 2.45) is 4.99 Å². The van der Waals surface area contributed by atoms with Crippen LogP contribution in [0, 0.1) is 5.82 Å². The SMILES string of the molecule is CC(=O)CC(C)=Nc1ccc(F)cc1. The van der Waals surface area contributed by atoms with Gasteiger partial charge in [0, 0.05) is 12.1 Å². The second kappa shape index (κ2) is 4.65. The molecule has 0 heterocycles. The zero-order valence-corrected chi connectivity index (χ0v) is 8.25. The molecule has 0 unspecified atom stereocenters. The van der Waals surface area contributed by atoms with Crippen LogP contribution in [0.15, 0.2) is 29.3 Å². The Morgan fingerprint density at radius 1 is 1.29 bits per heavy atom. The molecule has 14 heavy (non-hydrogen) atoms. The highest BCUT2D eigenvalue weighted by atomic mass is 19.1. The van der Waals surface area contributed by atoms with Gasteiger partial charge in [0.15, 0.2) is 0 Å². The molecular formula is C11H12FNO. The predicted octanol–water partition coefficient (Wildman–Crippen LogP) is 2.90. The maximum Gasteiger partial charge on any atom is 0.135 e. The third-order valence-electron chi connectivity index (χ3n) is 1.65. The van der Waals surface area contributed by atoms with E-state index in [1.54, 1.807) is 19.1 Å². The van der Waals surface area contributed by atoms with Crippen LogP contribution in [0.1, 0.15) is 20.3 Å². The molecule has 1 aromatic rings. The molecule has 0 N–H and O–H groups in total. The summed E-state index contributed by atoms with van der Waals surface area (Å²) in [6.07, 6.45) is 0.345. The van der Waals surface area contributed by atoms with Crippen LogP contribution in [0.4, 0.5) is 10.1 Å². The van der Waals surface area contributed by atoms with Crippen molar-refractivity contribution in [3.05, 3.63) is 30.1 Å². The molecule has 0 amide bonds. The van der Waals surface area contributed by atoms with Crippen LogP contribution in [0.25, 0.3) is 0 Å². The lowest BCUT2D eigenvalue weighted by molar-refractivity contribution is -0.115. The number of carbonyl (C=O) groups excluding carboxylic acids is 1. The van der Waals surface area contributed by atoms with Gasteiger partial charge in [0.05, 0.1) is 5.69 Å². The van der Waals surface area contributed by atoms with Crippen molar-refractivity contribution < 1.29 is 9.18 Å². The van der Waals surface area contributed by atoms with E-state index in [1.165, 1.54) is 19.1 Å². The van der Waals surface area contributed by atoms with Gasteiger partial charge in [-0.1, -0.05) is 0 Å². The van der Waals surface area contributed by atoms with Gasteiger partial charge in [-0.3, -0.25) is 9.79 Å². The Kier molecular flexibility index (Phi) is 3.51. The monoisotopic (exact) mass is 193 g/mol. The summed E-state index contributed by atoms with van der Waals surface area (Å²) < 4.78 is 12.5. The van der Waals surface area contributed by atoms with Crippen molar-refractivity contribution in [1.29, 1.82) is 0 Å². The number of hydrogen-bond donors (Lipinski definition) is 0. The predicted molar refractivity (Wildman–Crippen MR) is 54.5 cm³/mol. The summed E-state index contributed by atoms with van der Waals surface area (Å²) in [6, 6.07) is 5.86. The molecule has 0 spiro atoms. The summed E-state index contributed by atoms with van der Waals surface area (Å²) in [5, 5.41) is 0. The Bertz CT molecular complexity index is 354. The summed E-state index contributed by atoms with van der Waals surface area (Å²) >= 11 is 0. The van der Waals surface area contributed by atoms with Crippen molar-refractivity contribution in [3.63, 3.8) is 0 Å². The average molecular weight is 193 g/mol. The largest absolute Gasteiger partial charge is 0.300 e. The van der Waals surface area contributed by atoms with Gasteiger partial charge in [0.25, 0.3) is 0 Å². The second-order valence-corrected chi connectivity index (χ2v) is 3.20. The Balaban J connectivity index is 2.76. The van der Waals surface area contributed by atoms with E-state index >= 15 is 0 Å². The average Bonchev–Trinajstić information content (AvgIpc) is 2.07. The van der Waals surface area contributed by atoms with E-state index in [0.29, 0.717) is 12.1 Å². The van der Waals surface area contributed by atoms with Gasteiger partial charge in [0.2, 0.25) is 0 Å². The minimum Gasteiger partial charge on any atom is -0.300 e. The van der Waals surface area contributed by atoms with Gasteiger partial charge in [-0.05, 0) is 38.1 Å². The highest BCUT2D eigenvalue weighted by molar-refractivity contribution is 6.00. The zero-order valence-electron chi connectivity index (χ0n) is 8.25. The molecule has 74 valence electrons. The summed E-state index contributed by atoms with van der Waals surface area (Å²) in [5.41, 5.74) is 1.41. The third kappa shape index (κ3) is 3.47. The van der Waals surface area contributed by atoms with Gasteiger partial charge in [-0.2, -0.15) is 0 Å². The second-order valence-electron chi connectivity index (χ2n) is 3.20. The molecule has 3 heteroatoms. The van der Waals surface area contributed by atoms with Crippen LogP contribution in [0.5, 0.6) is 0 Å². The molecule has 0 aliphatic rings. The fourth-order valence-corrected chi connectivity index (χ4v) is 1.14. The molecule has 0 fully saturated rings. The lowest BCUT2D eigenvalue weighted by Crippen LogP contribution is -1.98. The summed E-state index contributed by atoms with van der Waals surface area (Å²) in [4.78, 5) is 14.9. The van der Waals surface area contributed by atoms with E-state index in [-0.39, 0.29) is 11.6 Å². The molecule has 0 atom stereocenters. The smallest absolute Gasteiger partial charge is 0.135 e. The van der Waals surface area contributed by atoms with Crippen molar-refractivity contribution in [1.82, 2.24) is 0 Å². The van der Waals surface area contributed by atoms with Crippen molar-refractivity contribution >= 4 is 17.2 Å². The standard InChI is InChI=1S/C11H12FNO/c1-8(7-9(2)14)13-11-5-3-10(12)4-6-11/h3-6H,7H2,1-2H3. The molecule has 0 aliphatic carbocycles. The van der Waals surface area contributed by atoms with Crippen molar-refractivity contribution in [2.75, 3.05) is 0 Å². The summed E-state index contributed by atoms with van der Waals surface area (Å²) in [7, 11) is 0. The molecule has 0 aromatic heterocycles. The van der Waals surface area contributed by atoms with Gasteiger partial charge in [0.1, 0.15) is 11.6 Å². The molecule has 0 saturated heterocycles. The number of benzene rings is 1. The Labute approximate surface area is 82.5 Å². The van der Waals surface area contributed by atoms with E-state index in [9.17, 15) is 9.18 Å². The lowest BCUT2D eigenvalue weighted by atomic mass is 10.2. The molecule has 0 bridgehead atoms. The normalized spacial score (nSPS) is 11.5. The van der Waals surface area contributed by atoms with E-state index < -0.39 is 0 Å². The minimum absolute atomic E-state index is 0.0772. The topological polar surface area (TPSA) is 29.4 Å². The first-order valence-corrected chi connectivity index (χ1v) is 4.37. The van der Waals surface area contributed by atoms with Gasteiger partial charge < -0.3 is 0 Å². The van der Waals surface area contributed by atoms with Crippen LogP contribution in [-0.4, -0.2) is 11.5 Å². The molecule has 0 saturated carbocycles. The molecule has 0 radical (unpaired) electrons. The van der Waals surface area contributed by atoms with E-state index in [0.717, 1.165) is 5.71 Å². The Hall–Kier alpha value is -1.51. The maximum atomic E-state index is 12.5. The van der Waals surface area contributed by atoms with Gasteiger partial charge in [-0.25, -0.2) is 4.39 Å². The molecular weight excluding hydrogens is 181 g/mol.